The third kappa shape index (κ3) is 3.68. The van der Waals surface area contributed by atoms with Gasteiger partial charge in [-0.3, -0.25) is 14.2 Å². The average molecular weight is 287 g/mol. The summed E-state index contributed by atoms with van der Waals surface area (Å²) in [6.45, 7) is 1.93. The van der Waals surface area contributed by atoms with Gasteiger partial charge in [-0.25, -0.2) is 4.98 Å². The molecule has 0 aliphatic rings. The minimum Gasteiger partial charge on any atom is -0.481 e. The van der Waals surface area contributed by atoms with Crippen LogP contribution < -0.4 is 5.32 Å². The minimum atomic E-state index is -0.862. The van der Waals surface area contributed by atoms with E-state index >= 15 is 0 Å². The smallest absolute Gasteiger partial charge is 0.306 e. The fourth-order valence-corrected chi connectivity index (χ4v) is 1.87. The Labute approximate surface area is 122 Å². The zero-order chi connectivity index (χ0) is 15.2. The number of benzene rings is 1. The molecule has 110 valence electrons. The van der Waals surface area contributed by atoms with E-state index in [-0.39, 0.29) is 5.91 Å². The van der Waals surface area contributed by atoms with Gasteiger partial charge >= 0.3 is 5.97 Å². The number of hydrogen-bond donors (Lipinski definition) is 2. The van der Waals surface area contributed by atoms with E-state index in [4.69, 9.17) is 5.11 Å². The molecule has 6 nitrogen and oxygen atoms in total. The van der Waals surface area contributed by atoms with Crippen LogP contribution in [0.1, 0.15) is 23.8 Å². The maximum absolute atomic E-state index is 12.1. The lowest BCUT2D eigenvalue weighted by atomic mass is 10.1. The fourth-order valence-electron chi connectivity index (χ4n) is 1.87. The number of nitrogens with one attached hydrogen (secondary N) is 1. The molecule has 0 aliphatic carbocycles. The van der Waals surface area contributed by atoms with Crippen molar-refractivity contribution in [3.63, 3.8) is 0 Å². The van der Waals surface area contributed by atoms with Crippen molar-refractivity contribution in [2.75, 3.05) is 6.54 Å². The monoisotopic (exact) mass is 287 g/mol. The highest BCUT2D eigenvalue weighted by Crippen LogP contribution is 2.10. The van der Waals surface area contributed by atoms with Crippen molar-refractivity contribution in [1.82, 2.24) is 14.9 Å². The number of aromatic nitrogens is 2. The lowest BCUT2D eigenvalue weighted by Gasteiger charge is -2.10. The number of aliphatic carboxylic acids is 1. The second-order valence-electron chi connectivity index (χ2n) is 4.77. The molecule has 1 unspecified atom stereocenters. The Bertz CT molecular complexity index is 622. The largest absolute Gasteiger partial charge is 0.481 e. The van der Waals surface area contributed by atoms with E-state index in [9.17, 15) is 9.59 Å². The van der Waals surface area contributed by atoms with Crippen molar-refractivity contribution < 1.29 is 14.7 Å². The van der Waals surface area contributed by atoms with Gasteiger partial charge < -0.3 is 10.4 Å². The highest BCUT2D eigenvalue weighted by atomic mass is 16.4. The Morgan fingerprint density at radius 1 is 1.33 bits per heavy atom. The topological polar surface area (TPSA) is 84.2 Å². The van der Waals surface area contributed by atoms with Crippen LogP contribution >= 0.6 is 0 Å². The van der Waals surface area contributed by atoms with Gasteiger partial charge in [-0.05, 0) is 18.6 Å². The highest BCUT2D eigenvalue weighted by molar-refractivity contribution is 5.93. The number of carbonyl (C=O) groups excluding carboxylic acids is 1. The number of amides is 1. The zero-order valence-corrected chi connectivity index (χ0v) is 11.7. The number of nitrogens with zero attached hydrogens (tertiary/aromatic N) is 2. The molecule has 1 aromatic heterocycles. The van der Waals surface area contributed by atoms with Crippen LogP contribution in [0.15, 0.2) is 42.9 Å². The number of rotatable bonds is 6. The molecule has 21 heavy (non-hydrogen) atoms. The van der Waals surface area contributed by atoms with Crippen LogP contribution in [0.25, 0.3) is 5.69 Å². The summed E-state index contributed by atoms with van der Waals surface area (Å²) < 4.78 is 1.69. The Balaban J connectivity index is 2.01. The summed E-state index contributed by atoms with van der Waals surface area (Å²) in [6.07, 6.45) is 3.45. The first kappa shape index (κ1) is 14.8. The van der Waals surface area contributed by atoms with Gasteiger partial charge in [-0.1, -0.05) is 25.1 Å². The van der Waals surface area contributed by atoms with Gasteiger partial charge in [0.2, 0.25) is 0 Å². The number of imidazole rings is 1. The summed E-state index contributed by atoms with van der Waals surface area (Å²) in [5, 5.41) is 11.5. The number of carboxylic acid groups (broad SMARTS) is 1. The molecule has 0 saturated heterocycles. The normalized spacial score (nSPS) is 11.9. The summed E-state index contributed by atoms with van der Waals surface area (Å²) in [5.74, 6) is -1.61. The highest BCUT2D eigenvalue weighted by Gasteiger charge is 2.14. The Morgan fingerprint density at radius 2 is 2.05 bits per heavy atom. The molecule has 1 heterocycles. The molecule has 0 saturated carbocycles. The van der Waals surface area contributed by atoms with E-state index in [1.165, 1.54) is 6.20 Å². The van der Waals surface area contributed by atoms with Gasteiger partial charge in [-0.15, -0.1) is 0 Å². The number of hydrogen-bond acceptors (Lipinski definition) is 3. The van der Waals surface area contributed by atoms with E-state index < -0.39 is 11.9 Å². The number of carbonyl (C=O) groups is 2. The molecule has 2 aromatic rings. The summed E-state index contributed by atoms with van der Waals surface area (Å²) in [7, 11) is 0. The molecule has 0 aliphatic heterocycles. The van der Waals surface area contributed by atoms with Crippen LogP contribution in [-0.4, -0.2) is 33.1 Å². The van der Waals surface area contributed by atoms with E-state index in [1.54, 1.807) is 17.8 Å². The van der Waals surface area contributed by atoms with Crippen LogP contribution in [0.2, 0.25) is 0 Å². The number of para-hydroxylation sites is 1. The van der Waals surface area contributed by atoms with Crippen molar-refractivity contribution >= 4 is 11.9 Å². The first-order valence-electron chi connectivity index (χ1n) is 6.68. The van der Waals surface area contributed by atoms with Crippen molar-refractivity contribution in [3.8, 4) is 5.69 Å². The van der Waals surface area contributed by atoms with Crippen LogP contribution in [-0.2, 0) is 4.79 Å². The predicted octanol–water partition coefficient (Wildman–Crippen LogP) is 1.71. The lowest BCUT2D eigenvalue weighted by Crippen LogP contribution is -2.28. The first-order chi connectivity index (χ1) is 10.1. The van der Waals surface area contributed by atoms with E-state index in [2.05, 4.69) is 10.3 Å². The lowest BCUT2D eigenvalue weighted by molar-refractivity contribution is -0.141. The van der Waals surface area contributed by atoms with Gasteiger partial charge in [0.05, 0.1) is 18.4 Å². The molecule has 0 radical (unpaired) electrons. The molecule has 0 fully saturated rings. The zero-order valence-electron chi connectivity index (χ0n) is 11.7. The molecule has 2 rings (SSSR count). The fraction of sp³-hybridized carbons (Fsp3) is 0.267. The molecule has 6 heteroatoms. The second kappa shape index (κ2) is 6.69. The predicted molar refractivity (Wildman–Crippen MR) is 77.3 cm³/mol. The molecular weight excluding hydrogens is 270 g/mol. The van der Waals surface area contributed by atoms with Crippen molar-refractivity contribution in [3.05, 3.63) is 48.5 Å². The Hall–Kier alpha value is -2.63. The summed E-state index contributed by atoms with van der Waals surface area (Å²) in [6, 6.07) is 9.42. The van der Waals surface area contributed by atoms with Gasteiger partial charge in [0.15, 0.2) is 0 Å². The third-order valence-electron chi connectivity index (χ3n) is 3.19. The second-order valence-corrected chi connectivity index (χ2v) is 4.77. The summed E-state index contributed by atoms with van der Waals surface area (Å²) in [5.41, 5.74) is 1.27. The quantitative estimate of drug-likeness (QED) is 0.847. The van der Waals surface area contributed by atoms with Crippen LogP contribution in [0, 0.1) is 5.92 Å². The molecule has 0 spiro atoms. The van der Waals surface area contributed by atoms with Crippen molar-refractivity contribution in [1.29, 1.82) is 0 Å². The summed E-state index contributed by atoms with van der Waals surface area (Å²) >= 11 is 0. The standard InChI is InChI=1S/C15H17N3O3/c1-11(15(20)21)7-8-17-14(19)13-9-16-10-18(13)12-5-3-2-4-6-12/h2-6,9-11H,7-8H2,1H3,(H,17,19)(H,20,21). The maximum atomic E-state index is 12.1. The van der Waals surface area contributed by atoms with Crippen LogP contribution in [0.3, 0.4) is 0 Å². The third-order valence-corrected chi connectivity index (χ3v) is 3.19. The molecular formula is C15H17N3O3. The van der Waals surface area contributed by atoms with Crippen LogP contribution in [0.4, 0.5) is 0 Å². The maximum Gasteiger partial charge on any atom is 0.306 e. The van der Waals surface area contributed by atoms with E-state index in [0.29, 0.717) is 18.7 Å². The Kier molecular flexibility index (Phi) is 4.71. The summed E-state index contributed by atoms with van der Waals surface area (Å²) in [4.78, 5) is 26.8. The average Bonchev–Trinajstić information content (AvgIpc) is 2.97. The van der Waals surface area contributed by atoms with Gasteiger partial charge in [-0.2, -0.15) is 0 Å². The van der Waals surface area contributed by atoms with E-state index in [0.717, 1.165) is 5.69 Å². The van der Waals surface area contributed by atoms with Gasteiger partial charge in [0, 0.05) is 12.2 Å². The molecule has 2 N–H and O–H groups in total. The Morgan fingerprint density at radius 3 is 2.71 bits per heavy atom. The van der Waals surface area contributed by atoms with Crippen LogP contribution in [0.5, 0.6) is 0 Å². The van der Waals surface area contributed by atoms with Crippen molar-refractivity contribution in [2.45, 2.75) is 13.3 Å². The SMILES string of the molecule is CC(CCNC(=O)c1cncn1-c1ccccc1)C(=O)O. The molecule has 1 aromatic carbocycles. The molecule has 1 amide bonds. The van der Waals surface area contributed by atoms with Crippen molar-refractivity contribution in [2.24, 2.45) is 5.92 Å². The number of carboxylic acids is 1. The van der Waals surface area contributed by atoms with Gasteiger partial charge in [0.25, 0.3) is 5.91 Å². The van der Waals surface area contributed by atoms with Gasteiger partial charge in [0.1, 0.15) is 5.69 Å². The van der Waals surface area contributed by atoms with E-state index in [1.807, 2.05) is 30.3 Å². The molecule has 0 bridgehead atoms. The minimum absolute atomic E-state index is 0.269. The first-order valence-corrected chi connectivity index (χ1v) is 6.68. The molecule has 1 atom stereocenters.